The molecule has 0 saturated carbocycles. The molecule has 3 rings (SSSR count). The molecular weight excluding hydrogens is 539 g/mol. The summed E-state index contributed by atoms with van der Waals surface area (Å²) in [7, 11) is -16.7. The number of nitrogen functional groups attached to an aromatic ring is 1. The number of rotatable bonds is 8. The maximum Gasteiger partial charge on any atom is 0.490 e. The summed E-state index contributed by atoms with van der Waals surface area (Å²) < 4.78 is 51.9. The number of fused-ring (bicyclic) bond motifs is 1. The quantitative estimate of drug-likeness (QED) is 0.150. The number of phosphoric acid groups is 3. The van der Waals surface area contributed by atoms with E-state index >= 15 is 0 Å². The number of ether oxygens (including phenoxy) is 1. The second-order valence-corrected chi connectivity index (χ2v) is 10.4. The van der Waals surface area contributed by atoms with Crippen LogP contribution in [-0.2, 0) is 31.6 Å². The Morgan fingerprint density at radius 3 is 2.18 bits per heavy atom. The van der Waals surface area contributed by atoms with Crippen molar-refractivity contribution in [3.63, 3.8) is 0 Å². The van der Waals surface area contributed by atoms with Crippen LogP contribution in [-0.4, -0.2) is 90.7 Å². The number of nitrogens with zero attached hydrogens (tertiary/aromatic N) is 4. The number of phosphoric ester groups is 1. The molecule has 1 aliphatic rings. The first-order valence-corrected chi connectivity index (χ1v) is 12.4. The van der Waals surface area contributed by atoms with Gasteiger partial charge in [0.1, 0.15) is 30.2 Å². The summed E-state index contributed by atoms with van der Waals surface area (Å²) in [5.74, 6) is 0.0426. The monoisotopic (exact) mass is 561 g/mol. The van der Waals surface area contributed by atoms with E-state index in [4.69, 9.17) is 25.2 Å². The SMILES string of the molecule is Nc1ncnc2c1ncn2C1O[C@H](COP(=O)(O)OP(=O)(O)OP(=O)(O)O)[C@@H](O)[C@H]1O.O.O.O. The van der Waals surface area contributed by atoms with E-state index in [2.05, 4.69) is 28.1 Å². The second kappa shape index (κ2) is 11.5. The van der Waals surface area contributed by atoms with Crippen molar-refractivity contribution in [1.29, 1.82) is 0 Å². The predicted octanol–water partition coefficient (Wildman–Crippen LogP) is -4.10. The van der Waals surface area contributed by atoms with Crippen LogP contribution < -0.4 is 5.73 Å². The normalized spacial score (nSPS) is 25.9. The standard InChI is InChI=1S/C10H16N5O13P3.3H2O/c11-8-5-9(13-2-12-8)15(3-14-5)10-7(17)6(16)4(26-10)1-25-30(21,22)28-31(23,24)27-29(18,19)20;;;/h2-4,6-7,10,16-17H,1H2,(H,21,22)(H,23,24)(H2,11,12,13)(H2,18,19,20);3*1H2/t4-,6-,7-,10?;;;/m1.../s1. The molecular formula is C10H22N5O16P3. The van der Waals surface area contributed by atoms with Gasteiger partial charge in [-0.1, -0.05) is 0 Å². The third-order valence-electron chi connectivity index (χ3n) is 3.82. The maximum atomic E-state index is 11.8. The molecule has 0 radical (unpaired) electrons. The van der Waals surface area contributed by atoms with Crippen molar-refractivity contribution in [2.24, 2.45) is 0 Å². The highest BCUT2D eigenvalue weighted by Gasteiger charge is 2.47. The Hall–Kier alpha value is -1.48. The van der Waals surface area contributed by atoms with E-state index < -0.39 is 54.6 Å². The van der Waals surface area contributed by atoms with Gasteiger partial charge in [0.25, 0.3) is 0 Å². The van der Waals surface area contributed by atoms with Crippen LogP contribution >= 0.6 is 23.5 Å². The molecule has 24 heteroatoms. The van der Waals surface area contributed by atoms with Gasteiger partial charge in [-0.2, -0.15) is 8.62 Å². The number of anilines is 1. The predicted molar refractivity (Wildman–Crippen MR) is 106 cm³/mol. The van der Waals surface area contributed by atoms with Crippen LogP contribution in [0.15, 0.2) is 12.7 Å². The van der Waals surface area contributed by atoms with Gasteiger partial charge in [-0.3, -0.25) is 9.09 Å². The fourth-order valence-electron chi connectivity index (χ4n) is 2.62. The molecule has 2 aromatic rings. The second-order valence-electron chi connectivity index (χ2n) is 6.02. The number of aliphatic hydroxyl groups is 2. The van der Waals surface area contributed by atoms with Crippen LogP contribution in [0.3, 0.4) is 0 Å². The summed E-state index contributed by atoms with van der Waals surface area (Å²) in [6, 6.07) is 0. The van der Waals surface area contributed by atoms with Crippen LogP contribution in [0.25, 0.3) is 11.2 Å². The molecule has 0 spiro atoms. The van der Waals surface area contributed by atoms with Gasteiger partial charge in [0.2, 0.25) is 0 Å². The molecule has 0 aromatic carbocycles. The minimum Gasteiger partial charge on any atom is -0.412 e. The third kappa shape index (κ3) is 7.51. The first kappa shape index (κ1) is 32.5. The van der Waals surface area contributed by atoms with Crippen LogP contribution in [0.5, 0.6) is 0 Å². The molecule has 3 heterocycles. The molecule has 0 aliphatic carbocycles. The van der Waals surface area contributed by atoms with E-state index in [1.807, 2.05) is 0 Å². The highest BCUT2D eigenvalue weighted by atomic mass is 31.3. The molecule has 0 bridgehead atoms. The van der Waals surface area contributed by atoms with Crippen LogP contribution in [0.4, 0.5) is 5.82 Å². The summed E-state index contributed by atoms with van der Waals surface area (Å²) in [5.41, 5.74) is 6.00. The van der Waals surface area contributed by atoms with Crippen molar-refractivity contribution in [2.45, 2.75) is 24.5 Å². The molecule has 198 valence electrons. The maximum absolute atomic E-state index is 11.8. The van der Waals surface area contributed by atoms with Crippen molar-refractivity contribution >= 4 is 40.4 Å². The van der Waals surface area contributed by atoms with Crippen LogP contribution in [0.1, 0.15) is 6.23 Å². The minimum absolute atomic E-state index is 0. The van der Waals surface area contributed by atoms with Crippen LogP contribution in [0.2, 0.25) is 0 Å². The smallest absolute Gasteiger partial charge is 0.412 e. The summed E-state index contributed by atoms with van der Waals surface area (Å²) in [5, 5.41) is 20.4. The molecule has 21 nitrogen and oxygen atoms in total. The molecule has 1 fully saturated rings. The fraction of sp³-hybridized carbons (Fsp3) is 0.500. The Balaban J connectivity index is 0.00000363. The van der Waals surface area contributed by atoms with E-state index in [1.165, 1.54) is 10.9 Å². The van der Waals surface area contributed by atoms with Crippen molar-refractivity contribution in [3.8, 4) is 0 Å². The number of aliphatic hydroxyl groups excluding tert-OH is 2. The summed E-state index contributed by atoms with van der Waals surface area (Å²) in [6.45, 7) is -0.956. The Kier molecular flexibility index (Phi) is 11.0. The van der Waals surface area contributed by atoms with E-state index in [0.29, 0.717) is 0 Å². The molecule has 34 heavy (non-hydrogen) atoms. The zero-order valence-electron chi connectivity index (χ0n) is 16.4. The molecule has 3 unspecified atom stereocenters. The van der Waals surface area contributed by atoms with Crippen molar-refractivity contribution in [3.05, 3.63) is 12.7 Å². The summed E-state index contributed by atoms with van der Waals surface area (Å²) >= 11 is 0. The first-order chi connectivity index (χ1) is 14.2. The molecule has 0 amide bonds. The highest BCUT2D eigenvalue weighted by molar-refractivity contribution is 7.66. The number of imidazole rings is 1. The van der Waals surface area contributed by atoms with Gasteiger partial charge in [-0.25, -0.2) is 28.6 Å². The van der Waals surface area contributed by atoms with Gasteiger partial charge in [-0.05, 0) is 0 Å². The molecule has 6 atom stereocenters. The van der Waals surface area contributed by atoms with Crippen molar-refractivity contribution in [2.75, 3.05) is 12.3 Å². The van der Waals surface area contributed by atoms with E-state index in [0.717, 1.165) is 6.33 Å². The number of aromatic nitrogens is 4. The van der Waals surface area contributed by atoms with Crippen molar-refractivity contribution < 1.29 is 77.8 Å². The molecule has 2 aromatic heterocycles. The number of nitrogens with two attached hydrogens (primary N) is 1. The van der Waals surface area contributed by atoms with Crippen LogP contribution in [0, 0.1) is 0 Å². The Morgan fingerprint density at radius 1 is 0.971 bits per heavy atom. The molecule has 1 saturated heterocycles. The van der Waals surface area contributed by atoms with E-state index in [-0.39, 0.29) is 33.4 Å². The lowest BCUT2D eigenvalue weighted by molar-refractivity contribution is -0.0503. The Bertz CT molecular complexity index is 1110. The topological polar surface area (TPSA) is 374 Å². The zero-order chi connectivity index (χ0) is 23.2. The van der Waals surface area contributed by atoms with E-state index in [1.54, 1.807) is 0 Å². The Morgan fingerprint density at radius 2 is 1.59 bits per heavy atom. The zero-order valence-corrected chi connectivity index (χ0v) is 19.1. The summed E-state index contributed by atoms with van der Waals surface area (Å²) in [4.78, 5) is 47.2. The lowest BCUT2D eigenvalue weighted by atomic mass is 10.1. The average molecular weight is 561 g/mol. The summed E-state index contributed by atoms with van der Waals surface area (Å²) in [6.07, 6.45) is -3.69. The third-order valence-corrected chi connectivity index (χ3v) is 7.62. The average Bonchev–Trinajstić information content (AvgIpc) is 3.13. The lowest BCUT2D eigenvalue weighted by Crippen LogP contribution is -2.33. The van der Waals surface area contributed by atoms with Gasteiger partial charge >= 0.3 is 23.5 Å². The van der Waals surface area contributed by atoms with E-state index in [9.17, 15) is 28.8 Å². The highest BCUT2D eigenvalue weighted by Crippen LogP contribution is 2.66. The fourth-order valence-corrected chi connectivity index (χ4v) is 5.65. The molecule has 14 N–H and O–H groups in total. The first-order valence-electron chi connectivity index (χ1n) is 7.92. The van der Waals surface area contributed by atoms with Crippen molar-refractivity contribution in [1.82, 2.24) is 19.5 Å². The van der Waals surface area contributed by atoms with Gasteiger partial charge in [0.05, 0.1) is 12.9 Å². The number of hydrogen-bond acceptors (Lipinski definition) is 13. The number of hydrogen-bond donors (Lipinski definition) is 7. The lowest BCUT2D eigenvalue weighted by Gasteiger charge is -2.19. The van der Waals surface area contributed by atoms with Gasteiger partial charge in [0.15, 0.2) is 17.7 Å². The van der Waals surface area contributed by atoms with Gasteiger partial charge in [-0.15, -0.1) is 0 Å². The minimum atomic E-state index is -5.70. The van der Waals surface area contributed by atoms with Gasteiger partial charge in [0, 0.05) is 0 Å². The Labute approximate surface area is 188 Å². The largest absolute Gasteiger partial charge is 0.490 e. The van der Waals surface area contributed by atoms with Gasteiger partial charge < -0.3 is 56.7 Å². The molecule has 1 aliphatic heterocycles.